The van der Waals surface area contributed by atoms with Gasteiger partial charge in [0.2, 0.25) is 0 Å². The normalized spacial score (nSPS) is 34.3. The standard InChI is InChI=1S/C24H28O3/c1-2-3-12-23-14-15-24(27-23)13-11-18(21(24)16-20(25)17-23)9-10-22(26)19-7-5-4-6-8-19/h2,4-8,14-15,18,21H,1,3,9-13,16-17H2/t18-,21-,23+,24-/m1/s1. The lowest BCUT2D eigenvalue weighted by atomic mass is 9.78. The molecule has 2 aliphatic heterocycles. The monoisotopic (exact) mass is 364 g/mol. The van der Waals surface area contributed by atoms with Crippen LogP contribution < -0.4 is 0 Å². The van der Waals surface area contributed by atoms with Crippen LogP contribution in [0.1, 0.15) is 61.7 Å². The van der Waals surface area contributed by atoms with Crippen molar-refractivity contribution in [3.05, 3.63) is 60.7 Å². The van der Waals surface area contributed by atoms with Crippen LogP contribution in [0.4, 0.5) is 0 Å². The van der Waals surface area contributed by atoms with E-state index in [9.17, 15) is 9.59 Å². The highest BCUT2D eigenvalue weighted by atomic mass is 16.5. The third-order valence-electron chi connectivity index (χ3n) is 6.72. The van der Waals surface area contributed by atoms with Crippen molar-refractivity contribution < 1.29 is 14.3 Å². The summed E-state index contributed by atoms with van der Waals surface area (Å²) in [5.41, 5.74) is 0.0466. The molecule has 27 heavy (non-hydrogen) atoms. The Balaban J connectivity index is 1.46. The summed E-state index contributed by atoms with van der Waals surface area (Å²) in [5.74, 6) is 1.08. The van der Waals surface area contributed by atoms with Crippen LogP contribution >= 0.6 is 0 Å². The van der Waals surface area contributed by atoms with E-state index >= 15 is 0 Å². The van der Waals surface area contributed by atoms with E-state index in [2.05, 4.69) is 18.7 Å². The number of ether oxygens (including phenoxy) is 1. The van der Waals surface area contributed by atoms with Gasteiger partial charge in [-0.1, -0.05) is 48.6 Å². The van der Waals surface area contributed by atoms with E-state index < -0.39 is 5.60 Å². The predicted octanol–water partition coefficient (Wildman–Crippen LogP) is 5.07. The van der Waals surface area contributed by atoms with Gasteiger partial charge in [-0.3, -0.25) is 9.59 Å². The summed E-state index contributed by atoms with van der Waals surface area (Å²) in [5, 5.41) is 0. The number of fused-ring (bicyclic) bond motifs is 1. The molecule has 1 saturated heterocycles. The molecular formula is C24H28O3. The Bertz CT molecular complexity index is 765. The van der Waals surface area contributed by atoms with Crippen LogP contribution in [0.3, 0.4) is 0 Å². The molecule has 0 radical (unpaired) electrons. The Kier molecular flexibility index (Phi) is 4.90. The Morgan fingerprint density at radius 1 is 1.26 bits per heavy atom. The van der Waals surface area contributed by atoms with Crippen molar-refractivity contribution in [3.63, 3.8) is 0 Å². The lowest BCUT2D eigenvalue weighted by Gasteiger charge is -2.34. The first-order valence-corrected chi connectivity index (χ1v) is 10.2. The van der Waals surface area contributed by atoms with Crippen molar-refractivity contribution in [3.8, 4) is 0 Å². The number of hydrogen-bond donors (Lipinski definition) is 0. The van der Waals surface area contributed by atoms with Gasteiger partial charge in [0.1, 0.15) is 5.78 Å². The topological polar surface area (TPSA) is 43.4 Å². The van der Waals surface area contributed by atoms with E-state index in [1.54, 1.807) is 0 Å². The van der Waals surface area contributed by atoms with E-state index in [0.717, 1.165) is 37.7 Å². The third-order valence-corrected chi connectivity index (χ3v) is 6.72. The minimum absolute atomic E-state index is 0.194. The smallest absolute Gasteiger partial charge is 0.162 e. The van der Waals surface area contributed by atoms with Gasteiger partial charge in [-0.2, -0.15) is 0 Å². The van der Waals surface area contributed by atoms with Crippen LogP contribution in [-0.2, 0) is 9.53 Å². The third kappa shape index (κ3) is 3.45. The summed E-state index contributed by atoms with van der Waals surface area (Å²) >= 11 is 0. The molecule has 2 fully saturated rings. The van der Waals surface area contributed by atoms with Gasteiger partial charge in [-0.05, 0) is 38.0 Å². The van der Waals surface area contributed by atoms with Crippen LogP contribution in [0.2, 0.25) is 0 Å². The second kappa shape index (κ2) is 7.20. The fourth-order valence-electron chi connectivity index (χ4n) is 5.35. The average molecular weight is 364 g/mol. The van der Waals surface area contributed by atoms with Crippen LogP contribution in [0.25, 0.3) is 0 Å². The minimum Gasteiger partial charge on any atom is -0.360 e. The number of Topliss-reactive ketones (excluding diaryl/α,β-unsaturated/α-hetero) is 2. The molecule has 142 valence electrons. The predicted molar refractivity (Wildman–Crippen MR) is 106 cm³/mol. The fraction of sp³-hybridized carbons (Fsp3) is 0.500. The van der Waals surface area contributed by atoms with Gasteiger partial charge in [0.05, 0.1) is 11.2 Å². The number of rotatable bonds is 7. The number of ketones is 2. The molecule has 4 rings (SSSR count). The van der Waals surface area contributed by atoms with Gasteiger partial charge < -0.3 is 4.74 Å². The first-order valence-electron chi connectivity index (χ1n) is 10.2. The lowest BCUT2D eigenvalue weighted by molar-refractivity contribution is -0.124. The highest BCUT2D eigenvalue weighted by molar-refractivity contribution is 5.95. The van der Waals surface area contributed by atoms with Crippen LogP contribution in [0.15, 0.2) is 55.1 Å². The van der Waals surface area contributed by atoms with Crippen molar-refractivity contribution in [2.24, 2.45) is 11.8 Å². The number of allylic oxidation sites excluding steroid dienone is 1. The summed E-state index contributed by atoms with van der Waals surface area (Å²) in [6.07, 6.45) is 12.4. The van der Waals surface area contributed by atoms with Gasteiger partial charge in [0.25, 0.3) is 0 Å². The highest BCUT2D eigenvalue weighted by Gasteiger charge is 2.57. The fourth-order valence-corrected chi connectivity index (χ4v) is 5.35. The maximum absolute atomic E-state index is 12.7. The van der Waals surface area contributed by atoms with E-state index in [4.69, 9.17) is 4.74 Å². The van der Waals surface area contributed by atoms with Crippen molar-refractivity contribution in [2.75, 3.05) is 0 Å². The zero-order valence-electron chi connectivity index (χ0n) is 15.9. The minimum atomic E-state index is -0.436. The van der Waals surface area contributed by atoms with E-state index in [1.807, 2.05) is 36.4 Å². The van der Waals surface area contributed by atoms with Crippen LogP contribution in [0, 0.1) is 11.8 Å². The second-order valence-electron chi connectivity index (χ2n) is 8.44. The molecule has 2 heterocycles. The molecular weight excluding hydrogens is 336 g/mol. The molecule has 0 amide bonds. The first kappa shape index (κ1) is 18.4. The van der Waals surface area contributed by atoms with Gasteiger partial charge in [0, 0.05) is 30.7 Å². The number of benzene rings is 1. The maximum atomic E-state index is 12.7. The van der Waals surface area contributed by atoms with Crippen LogP contribution in [-0.4, -0.2) is 22.8 Å². The highest BCUT2D eigenvalue weighted by Crippen LogP contribution is 2.55. The van der Waals surface area contributed by atoms with E-state index in [0.29, 0.717) is 31.0 Å². The average Bonchev–Trinajstić information content (AvgIpc) is 3.16. The number of hydrogen-bond acceptors (Lipinski definition) is 3. The Hall–Kier alpha value is -2.00. The van der Waals surface area contributed by atoms with E-state index in [-0.39, 0.29) is 17.3 Å². The Morgan fingerprint density at radius 2 is 2.07 bits per heavy atom. The summed E-state index contributed by atoms with van der Waals surface area (Å²) in [6, 6.07) is 9.50. The zero-order chi connectivity index (χ0) is 18.9. The molecule has 3 heteroatoms. The van der Waals surface area contributed by atoms with Crippen LogP contribution in [0.5, 0.6) is 0 Å². The summed E-state index contributed by atoms with van der Waals surface area (Å²) in [6.45, 7) is 3.81. The molecule has 4 atom stereocenters. The van der Waals surface area contributed by atoms with Gasteiger partial charge in [0.15, 0.2) is 5.78 Å². The van der Waals surface area contributed by atoms with Crippen molar-refractivity contribution in [2.45, 2.75) is 62.6 Å². The van der Waals surface area contributed by atoms with Gasteiger partial charge in [-0.15, -0.1) is 6.58 Å². The van der Waals surface area contributed by atoms with Crippen molar-refractivity contribution in [1.29, 1.82) is 0 Å². The summed E-state index contributed by atoms with van der Waals surface area (Å²) < 4.78 is 6.65. The zero-order valence-corrected chi connectivity index (χ0v) is 15.9. The molecule has 1 aromatic rings. The second-order valence-corrected chi connectivity index (χ2v) is 8.44. The molecule has 3 aliphatic rings. The molecule has 1 aliphatic carbocycles. The molecule has 1 aromatic carbocycles. The molecule has 0 aromatic heterocycles. The SMILES string of the molecule is C=CCC[C@]12C=C[C@@]3(CC[C@@H](CCC(=O)c4ccccc4)[C@H]3CC(=O)C1)O2. The number of carbonyl (C=O) groups excluding carboxylic acids is 2. The molecule has 3 nitrogen and oxygen atoms in total. The molecule has 2 bridgehead atoms. The summed E-state index contributed by atoms with van der Waals surface area (Å²) in [4.78, 5) is 25.2. The van der Waals surface area contributed by atoms with Gasteiger partial charge >= 0.3 is 0 Å². The number of carbonyl (C=O) groups is 2. The largest absolute Gasteiger partial charge is 0.360 e. The quantitative estimate of drug-likeness (QED) is 0.501. The van der Waals surface area contributed by atoms with Gasteiger partial charge in [-0.25, -0.2) is 0 Å². The molecule has 1 saturated carbocycles. The Labute approximate surface area is 161 Å². The van der Waals surface area contributed by atoms with E-state index in [1.165, 1.54) is 0 Å². The molecule has 0 unspecified atom stereocenters. The lowest BCUT2D eigenvalue weighted by Crippen LogP contribution is -2.38. The summed E-state index contributed by atoms with van der Waals surface area (Å²) in [7, 11) is 0. The van der Waals surface area contributed by atoms with Crippen molar-refractivity contribution >= 4 is 11.6 Å². The maximum Gasteiger partial charge on any atom is 0.162 e. The molecule has 1 spiro atoms. The Morgan fingerprint density at radius 3 is 2.85 bits per heavy atom. The van der Waals surface area contributed by atoms with Crippen molar-refractivity contribution in [1.82, 2.24) is 0 Å². The first-order chi connectivity index (χ1) is 13.1. The molecule has 0 N–H and O–H groups in total.